The Hall–Kier alpha value is -1.07. The van der Waals surface area contributed by atoms with Crippen LogP contribution in [-0.2, 0) is 10.0 Å². The molecule has 4 aliphatic rings. The van der Waals surface area contributed by atoms with Gasteiger partial charge in [-0.25, -0.2) is 13.1 Å². The summed E-state index contributed by atoms with van der Waals surface area (Å²) in [5.74, 6) is 4.43. The predicted molar refractivity (Wildman–Crippen MR) is 93.3 cm³/mol. The number of ether oxygens (including phenoxy) is 1. The molecule has 132 valence electrons. The maximum Gasteiger partial charge on any atom is 0.240 e. The molecule has 1 aromatic carbocycles. The van der Waals surface area contributed by atoms with Gasteiger partial charge in [0.05, 0.1) is 12.0 Å². The molecule has 5 rings (SSSR count). The fourth-order valence-corrected chi connectivity index (χ4v) is 7.21. The van der Waals surface area contributed by atoms with E-state index in [4.69, 9.17) is 4.74 Å². The van der Waals surface area contributed by atoms with Gasteiger partial charge in [-0.2, -0.15) is 0 Å². The highest BCUT2D eigenvalue weighted by Gasteiger charge is 2.50. The first-order valence-electron chi connectivity index (χ1n) is 9.12. The van der Waals surface area contributed by atoms with Crippen LogP contribution in [0.1, 0.15) is 39.0 Å². The van der Waals surface area contributed by atoms with E-state index in [1.165, 1.54) is 32.1 Å². The van der Waals surface area contributed by atoms with Crippen LogP contribution < -0.4 is 9.46 Å². The van der Waals surface area contributed by atoms with E-state index in [-0.39, 0.29) is 6.04 Å². The molecule has 0 saturated heterocycles. The van der Waals surface area contributed by atoms with Crippen molar-refractivity contribution in [3.05, 3.63) is 24.3 Å². The minimum Gasteiger partial charge on any atom is -0.497 e. The average Bonchev–Trinajstić information content (AvgIpc) is 2.53. The lowest BCUT2D eigenvalue weighted by molar-refractivity contribution is -0.0463. The summed E-state index contributed by atoms with van der Waals surface area (Å²) in [5.41, 5.74) is 0. The van der Waals surface area contributed by atoms with E-state index in [9.17, 15) is 8.42 Å². The Bertz CT molecular complexity index is 670. The first kappa shape index (κ1) is 16.4. The van der Waals surface area contributed by atoms with Crippen LogP contribution in [0.15, 0.2) is 29.2 Å². The lowest BCUT2D eigenvalue weighted by Gasteiger charge is -2.56. The van der Waals surface area contributed by atoms with Gasteiger partial charge in [0.25, 0.3) is 0 Å². The molecule has 4 saturated carbocycles. The molecule has 0 aliphatic heterocycles. The van der Waals surface area contributed by atoms with Crippen LogP contribution in [0.4, 0.5) is 0 Å². The molecule has 1 atom stereocenters. The Balaban J connectivity index is 1.49. The molecule has 0 unspecified atom stereocenters. The first-order valence-corrected chi connectivity index (χ1v) is 10.6. The van der Waals surface area contributed by atoms with Gasteiger partial charge in [-0.05, 0) is 92.9 Å². The molecule has 5 heteroatoms. The molecule has 0 aromatic heterocycles. The van der Waals surface area contributed by atoms with Crippen molar-refractivity contribution in [1.29, 1.82) is 0 Å². The largest absolute Gasteiger partial charge is 0.497 e. The van der Waals surface area contributed by atoms with Gasteiger partial charge in [0.15, 0.2) is 0 Å². The summed E-state index contributed by atoms with van der Waals surface area (Å²) in [5, 5.41) is 0. The third-order valence-electron chi connectivity index (χ3n) is 6.59. The predicted octanol–water partition coefficient (Wildman–Crippen LogP) is 3.43. The van der Waals surface area contributed by atoms with Crippen LogP contribution in [0.2, 0.25) is 0 Å². The van der Waals surface area contributed by atoms with Crippen LogP contribution in [0.3, 0.4) is 0 Å². The molecule has 1 aromatic rings. The Morgan fingerprint density at radius 1 is 1.00 bits per heavy atom. The number of methoxy groups -OCH3 is 1. The number of sulfonamides is 1. The fourth-order valence-electron chi connectivity index (χ4n) is 5.93. The van der Waals surface area contributed by atoms with Crippen molar-refractivity contribution in [1.82, 2.24) is 4.72 Å². The van der Waals surface area contributed by atoms with E-state index in [0.717, 1.165) is 23.7 Å². The lowest BCUT2D eigenvalue weighted by Crippen LogP contribution is -2.52. The van der Waals surface area contributed by atoms with Gasteiger partial charge in [0.2, 0.25) is 10.0 Å². The van der Waals surface area contributed by atoms with Crippen molar-refractivity contribution in [2.75, 3.05) is 7.11 Å². The molecule has 0 radical (unpaired) electrons. The zero-order valence-electron chi connectivity index (χ0n) is 14.4. The Labute approximate surface area is 145 Å². The smallest absolute Gasteiger partial charge is 0.240 e. The maximum absolute atomic E-state index is 12.7. The Kier molecular flexibility index (Phi) is 4.12. The SMILES string of the molecule is COc1ccc(S(=O)(=O)N[C@@H](C)C2C3CC4CC(C3)CC2C4)cc1. The van der Waals surface area contributed by atoms with Crippen molar-refractivity contribution >= 4 is 10.0 Å². The summed E-state index contributed by atoms with van der Waals surface area (Å²) in [6.45, 7) is 2.06. The summed E-state index contributed by atoms with van der Waals surface area (Å²) in [4.78, 5) is 0.318. The first-order chi connectivity index (χ1) is 11.5. The highest BCUT2D eigenvalue weighted by molar-refractivity contribution is 7.89. The Morgan fingerprint density at radius 3 is 2.04 bits per heavy atom. The number of benzene rings is 1. The molecule has 4 aliphatic carbocycles. The third kappa shape index (κ3) is 2.86. The summed E-state index contributed by atoms with van der Waals surface area (Å²) in [7, 11) is -1.89. The number of hydrogen-bond acceptors (Lipinski definition) is 3. The van der Waals surface area contributed by atoms with Crippen LogP contribution in [0.25, 0.3) is 0 Å². The second kappa shape index (κ2) is 6.03. The monoisotopic (exact) mass is 349 g/mol. The van der Waals surface area contributed by atoms with Crippen molar-refractivity contribution in [3.8, 4) is 5.75 Å². The molecule has 0 heterocycles. The van der Waals surface area contributed by atoms with E-state index in [1.807, 2.05) is 0 Å². The number of rotatable bonds is 5. The highest BCUT2D eigenvalue weighted by Crippen LogP contribution is 2.57. The zero-order valence-corrected chi connectivity index (χ0v) is 15.3. The van der Waals surface area contributed by atoms with Crippen LogP contribution in [0.5, 0.6) is 5.75 Å². The van der Waals surface area contributed by atoms with Gasteiger partial charge in [0, 0.05) is 6.04 Å². The van der Waals surface area contributed by atoms with Gasteiger partial charge in [0.1, 0.15) is 5.75 Å². The van der Waals surface area contributed by atoms with Crippen LogP contribution in [-0.4, -0.2) is 21.6 Å². The molecule has 0 amide bonds. The molecule has 4 nitrogen and oxygen atoms in total. The van der Waals surface area contributed by atoms with Gasteiger partial charge in [-0.15, -0.1) is 0 Å². The summed E-state index contributed by atoms with van der Waals surface area (Å²) < 4.78 is 33.5. The number of nitrogens with one attached hydrogen (secondary N) is 1. The average molecular weight is 349 g/mol. The quantitative estimate of drug-likeness (QED) is 0.886. The van der Waals surface area contributed by atoms with E-state index >= 15 is 0 Å². The molecular weight excluding hydrogens is 322 g/mol. The standard InChI is InChI=1S/C19H27NO3S/c1-12(19-15-8-13-7-14(10-15)11-16(19)9-13)20-24(21,22)18-5-3-17(23-2)4-6-18/h3-6,12-16,19-20H,7-11H2,1-2H3/t12-,13?,14?,15?,16?,19?/m0/s1. The minimum atomic E-state index is -3.47. The van der Waals surface area contributed by atoms with Crippen LogP contribution >= 0.6 is 0 Å². The normalized spacial score (nSPS) is 35.8. The van der Waals surface area contributed by atoms with E-state index in [0.29, 0.717) is 16.6 Å². The van der Waals surface area contributed by atoms with Crippen molar-refractivity contribution in [2.24, 2.45) is 29.6 Å². The van der Waals surface area contributed by atoms with Gasteiger partial charge >= 0.3 is 0 Å². The van der Waals surface area contributed by atoms with E-state index < -0.39 is 10.0 Å². The zero-order chi connectivity index (χ0) is 16.9. The third-order valence-corrected chi connectivity index (χ3v) is 8.16. The summed E-state index contributed by atoms with van der Waals surface area (Å²) >= 11 is 0. The summed E-state index contributed by atoms with van der Waals surface area (Å²) in [6, 6.07) is 6.63. The Morgan fingerprint density at radius 2 is 1.54 bits per heavy atom. The van der Waals surface area contributed by atoms with Crippen molar-refractivity contribution < 1.29 is 13.2 Å². The fraction of sp³-hybridized carbons (Fsp3) is 0.684. The molecular formula is C19H27NO3S. The molecule has 1 N–H and O–H groups in total. The molecule has 4 fully saturated rings. The molecule has 0 spiro atoms. The molecule has 4 bridgehead atoms. The van der Waals surface area contributed by atoms with Gasteiger partial charge in [-0.1, -0.05) is 0 Å². The van der Waals surface area contributed by atoms with Crippen molar-refractivity contribution in [2.45, 2.75) is 50.0 Å². The van der Waals surface area contributed by atoms with Crippen molar-refractivity contribution in [3.63, 3.8) is 0 Å². The maximum atomic E-state index is 12.7. The second-order valence-electron chi connectivity index (χ2n) is 8.09. The lowest BCUT2D eigenvalue weighted by atomic mass is 9.51. The highest BCUT2D eigenvalue weighted by atomic mass is 32.2. The second-order valence-corrected chi connectivity index (χ2v) is 9.81. The van der Waals surface area contributed by atoms with Crippen LogP contribution in [0, 0.1) is 29.6 Å². The van der Waals surface area contributed by atoms with E-state index in [1.54, 1.807) is 31.4 Å². The summed E-state index contributed by atoms with van der Waals surface area (Å²) in [6.07, 6.45) is 6.67. The minimum absolute atomic E-state index is 0.00658. The van der Waals surface area contributed by atoms with Gasteiger partial charge in [-0.3, -0.25) is 0 Å². The number of hydrogen-bond donors (Lipinski definition) is 1. The van der Waals surface area contributed by atoms with E-state index in [2.05, 4.69) is 11.6 Å². The van der Waals surface area contributed by atoms with Gasteiger partial charge < -0.3 is 4.74 Å². The molecule has 24 heavy (non-hydrogen) atoms. The topological polar surface area (TPSA) is 55.4 Å².